The SMILES string of the molecule is OC1C2C3C4C=C[C@H]2[C@H]2C=CC4C3C12. The second kappa shape index (κ2) is 1.76. The quantitative estimate of drug-likeness (QED) is 0.568. The van der Waals surface area contributed by atoms with E-state index in [4.69, 9.17) is 0 Å². The van der Waals surface area contributed by atoms with E-state index in [1.165, 1.54) is 0 Å². The first kappa shape index (κ1) is 6.84. The highest BCUT2D eigenvalue weighted by Gasteiger charge is 2.72. The van der Waals surface area contributed by atoms with Gasteiger partial charge in [-0.05, 0) is 47.3 Å². The van der Waals surface area contributed by atoms with Gasteiger partial charge >= 0.3 is 0 Å². The Morgan fingerprint density at radius 3 is 1.36 bits per heavy atom. The van der Waals surface area contributed by atoms with Crippen LogP contribution in [0.15, 0.2) is 24.3 Å². The number of rotatable bonds is 0. The van der Waals surface area contributed by atoms with Crippen LogP contribution in [0.3, 0.4) is 0 Å². The van der Waals surface area contributed by atoms with Crippen LogP contribution in [-0.2, 0) is 0 Å². The van der Waals surface area contributed by atoms with Crippen molar-refractivity contribution < 1.29 is 5.11 Å². The second-order valence-corrected chi connectivity index (χ2v) is 5.88. The van der Waals surface area contributed by atoms with Crippen LogP contribution in [0.25, 0.3) is 0 Å². The van der Waals surface area contributed by atoms with Gasteiger partial charge in [-0.2, -0.15) is 0 Å². The van der Waals surface area contributed by atoms with Crippen molar-refractivity contribution in [2.45, 2.75) is 6.10 Å². The van der Waals surface area contributed by atoms with Crippen molar-refractivity contribution in [2.24, 2.45) is 47.3 Å². The Labute approximate surface area is 83.5 Å². The smallest absolute Gasteiger partial charge is 0.0614 e. The number of allylic oxidation sites excluding steroid dienone is 4. The largest absolute Gasteiger partial charge is 0.392 e. The molecule has 2 bridgehead atoms. The minimum atomic E-state index is 0.0300. The summed E-state index contributed by atoms with van der Waals surface area (Å²) in [5.74, 6) is 5.93. The van der Waals surface area contributed by atoms with Crippen LogP contribution in [0, 0.1) is 47.3 Å². The minimum absolute atomic E-state index is 0.0300. The fourth-order valence-electron chi connectivity index (χ4n) is 5.64. The average Bonchev–Trinajstić information content (AvgIpc) is 2.56. The van der Waals surface area contributed by atoms with E-state index in [1.807, 2.05) is 0 Å². The molecule has 0 aromatic rings. The lowest BCUT2D eigenvalue weighted by molar-refractivity contribution is -0.0558. The van der Waals surface area contributed by atoms with Crippen molar-refractivity contribution in [3.63, 3.8) is 0 Å². The summed E-state index contributed by atoms with van der Waals surface area (Å²) in [7, 11) is 0. The van der Waals surface area contributed by atoms with Gasteiger partial charge in [0.05, 0.1) is 6.10 Å². The zero-order valence-electron chi connectivity index (χ0n) is 7.95. The van der Waals surface area contributed by atoms with E-state index in [9.17, 15) is 5.11 Å². The van der Waals surface area contributed by atoms with Crippen LogP contribution in [0.1, 0.15) is 0 Å². The molecule has 14 heavy (non-hydrogen) atoms. The number of fused-ring (bicyclic) bond motifs is 2. The molecule has 0 saturated heterocycles. The topological polar surface area (TPSA) is 20.2 Å². The summed E-state index contributed by atoms with van der Waals surface area (Å²) in [6.45, 7) is 0. The van der Waals surface area contributed by atoms with E-state index in [1.54, 1.807) is 0 Å². The van der Waals surface area contributed by atoms with Crippen molar-refractivity contribution in [1.29, 1.82) is 0 Å². The third-order valence-corrected chi connectivity index (χ3v) is 5.90. The highest BCUT2D eigenvalue weighted by Crippen LogP contribution is 2.74. The standard InChI is InChI=1S/C13H14O/c14-13-11-7-3-1-5-6-2-4-8(7)12(13)10(6)9(5)11/h1-14H/t5?,6?,7-,8+,9?,10?,11?,12?,13?. The van der Waals surface area contributed by atoms with Gasteiger partial charge in [-0.25, -0.2) is 0 Å². The number of hydrogen-bond donors (Lipinski definition) is 1. The monoisotopic (exact) mass is 186 g/mol. The molecule has 7 unspecified atom stereocenters. The van der Waals surface area contributed by atoms with Crippen molar-refractivity contribution in [3.05, 3.63) is 24.3 Å². The summed E-state index contributed by atoms with van der Waals surface area (Å²) in [5.41, 5.74) is 0. The van der Waals surface area contributed by atoms with E-state index in [0.29, 0.717) is 23.7 Å². The third-order valence-electron chi connectivity index (χ3n) is 5.90. The average molecular weight is 186 g/mol. The Kier molecular flexibility index (Phi) is 0.858. The molecule has 1 N–H and O–H groups in total. The van der Waals surface area contributed by atoms with E-state index >= 15 is 0 Å². The van der Waals surface area contributed by atoms with Crippen LogP contribution < -0.4 is 0 Å². The van der Waals surface area contributed by atoms with Crippen LogP contribution in [-0.4, -0.2) is 11.2 Å². The van der Waals surface area contributed by atoms with E-state index < -0.39 is 0 Å². The Morgan fingerprint density at radius 1 is 0.571 bits per heavy atom. The molecular weight excluding hydrogens is 172 g/mol. The molecule has 0 aliphatic heterocycles. The number of aliphatic hydroxyl groups excluding tert-OH is 1. The predicted octanol–water partition coefficient (Wildman–Crippen LogP) is 1.46. The van der Waals surface area contributed by atoms with Gasteiger partial charge in [0.25, 0.3) is 0 Å². The predicted molar refractivity (Wildman–Crippen MR) is 52.2 cm³/mol. The lowest BCUT2D eigenvalue weighted by atomic mass is 9.44. The van der Waals surface area contributed by atoms with Crippen LogP contribution >= 0.6 is 0 Å². The maximum absolute atomic E-state index is 10.3. The molecule has 0 amide bonds. The maximum atomic E-state index is 10.3. The summed E-state index contributed by atoms with van der Waals surface area (Å²) in [6.07, 6.45) is 9.79. The lowest BCUT2D eigenvalue weighted by Crippen LogP contribution is -2.55. The minimum Gasteiger partial charge on any atom is -0.392 e. The lowest BCUT2D eigenvalue weighted by Gasteiger charge is -2.60. The van der Waals surface area contributed by atoms with Gasteiger partial charge < -0.3 is 5.11 Å². The van der Waals surface area contributed by atoms with Gasteiger partial charge in [0.1, 0.15) is 0 Å². The highest BCUT2D eigenvalue weighted by atomic mass is 16.3. The van der Waals surface area contributed by atoms with Crippen molar-refractivity contribution in [2.75, 3.05) is 0 Å². The van der Waals surface area contributed by atoms with Crippen LogP contribution in [0.2, 0.25) is 0 Å². The van der Waals surface area contributed by atoms with Gasteiger partial charge in [0.15, 0.2) is 0 Å². The molecule has 5 aliphatic rings. The molecule has 1 nitrogen and oxygen atoms in total. The first-order chi connectivity index (χ1) is 6.88. The molecule has 3 saturated carbocycles. The number of aliphatic hydroxyl groups is 1. The molecule has 0 radical (unpaired) electrons. The first-order valence-corrected chi connectivity index (χ1v) is 5.92. The van der Waals surface area contributed by atoms with Crippen molar-refractivity contribution in [3.8, 4) is 0 Å². The summed E-state index contributed by atoms with van der Waals surface area (Å²) < 4.78 is 0. The maximum Gasteiger partial charge on any atom is 0.0614 e. The van der Waals surface area contributed by atoms with Gasteiger partial charge in [0, 0.05) is 0 Å². The Hall–Kier alpha value is -0.560. The van der Waals surface area contributed by atoms with E-state index in [2.05, 4.69) is 24.3 Å². The molecule has 3 fully saturated rings. The van der Waals surface area contributed by atoms with E-state index in [-0.39, 0.29) is 6.10 Å². The zero-order valence-corrected chi connectivity index (χ0v) is 7.95. The molecule has 5 aliphatic carbocycles. The number of hydrogen-bond acceptors (Lipinski definition) is 1. The molecular formula is C13H14O. The van der Waals surface area contributed by atoms with Gasteiger partial charge in [-0.1, -0.05) is 24.3 Å². The van der Waals surface area contributed by atoms with Crippen molar-refractivity contribution in [1.82, 2.24) is 0 Å². The molecule has 9 atom stereocenters. The van der Waals surface area contributed by atoms with Gasteiger partial charge in [-0.15, -0.1) is 0 Å². The van der Waals surface area contributed by atoms with Crippen LogP contribution in [0.4, 0.5) is 0 Å². The summed E-state index contributed by atoms with van der Waals surface area (Å²) in [4.78, 5) is 0. The molecule has 5 rings (SSSR count). The fourth-order valence-corrected chi connectivity index (χ4v) is 5.64. The molecule has 0 aromatic carbocycles. The van der Waals surface area contributed by atoms with E-state index in [0.717, 1.165) is 23.7 Å². The second-order valence-electron chi connectivity index (χ2n) is 5.88. The normalized spacial score (nSPS) is 74.2. The van der Waals surface area contributed by atoms with Gasteiger partial charge in [-0.3, -0.25) is 0 Å². The molecule has 0 spiro atoms. The van der Waals surface area contributed by atoms with Gasteiger partial charge in [0.2, 0.25) is 0 Å². The zero-order chi connectivity index (χ0) is 9.02. The molecule has 1 heteroatoms. The Balaban J connectivity index is 1.85. The van der Waals surface area contributed by atoms with Crippen LogP contribution in [0.5, 0.6) is 0 Å². The summed E-state index contributed by atoms with van der Waals surface area (Å²) in [5, 5.41) is 10.3. The first-order valence-electron chi connectivity index (χ1n) is 5.92. The fraction of sp³-hybridized carbons (Fsp3) is 0.692. The third kappa shape index (κ3) is 0.437. The Morgan fingerprint density at radius 2 is 0.929 bits per heavy atom. The van der Waals surface area contributed by atoms with Crippen molar-refractivity contribution >= 4 is 0 Å². The molecule has 0 aromatic heterocycles. The Bertz CT molecular complexity index is 347. The molecule has 0 heterocycles. The summed E-state index contributed by atoms with van der Waals surface area (Å²) >= 11 is 0. The summed E-state index contributed by atoms with van der Waals surface area (Å²) in [6, 6.07) is 0. The highest BCUT2D eigenvalue weighted by molar-refractivity contribution is 5.35. The molecule has 72 valence electrons.